The number of esters is 1. The van der Waals surface area contributed by atoms with Crippen LogP contribution >= 0.6 is 0 Å². The maximum atomic E-state index is 12.7. The number of methoxy groups -OCH3 is 1. The fourth-order valence-electron chi connectivity index (χ4n) is 2.86. The quantitative estimate of drug-likeness (QED) is 0.663. The molecule has 0 saturated carbocycles. The number of ether oxygens (including phenoxy) is 2. The van der Waals surface area contributed by atoms with Gasteiger partial charge in [0.05, 0.1) is 13.0 Å². The molecule has 0 aliphatic rings. The minimum atomic E-state index is -0.670. The van der Waals surface area contributed by atoms with Crippen LogP contribution in [0.15, 0.2) is 54.6 Å². The molecule has 0 heterocycles. The van der Waals surface area contributed by atoms with Crippen molar-refractivity contribution in [2.45, 2.75) is 45.8 Å². The van der Waals surface area contributed by atoms with Crippen molar-refractivity contribution in [1.29, 1.82) is 0 Å². The molecule has 2 atom stereocenters. The van der Waals surface area contributed by atoms with Gasteiger partial charge >= 0.3 is 5.97 Å². The van der Waals surface area contributed by atoms with Gasteiger partial charge in [-0.05, 0) is 42.5 Å². The number of rotatable bonds is 9. The molecule has 5 heteroatoms. The first-order chi connectivity index (χ1) is 13.4. The Balaban J connectivity index is 2.00. The largest absolute Gasteiger partial charge is 0.497 e. The average Bonchev–Trinajstić information content (AvgIpc) is 2.71. The monoisotopic (exact) mass is 383 g/mol. The lowest BCUT2D eigenvalue weighted by Crippen LogP contribution is -2.44. The first kappa shape index (κ1) is 21.5. The number of carbonyl (C=O) groups excluding carboxylic acids is 2. The highest BCUT2D eigenvalue weighted by Gasteiger charge is 2.26. The van der Waals surface area contributed by atoms with Gasteiger partial charge in [-0.2, -0.15) is 0 Å². The van der Waals surface area contributed by atoms with Crippen LogP contribution in [0.3, 0.4) is 0 Å². The Hall–Kier alpha value is -2.82. The zero-order valence-electron chi connectivity index (χ0n) is 17.0. The highest BCUT2D eigenvalue weighted by molar-refractivity contribution is 5.88. The number of hydrogen-bond donors (Lipinski definition) is 1. The maximum Gasteiger partial charge on any atom is 0.328 e. The fourth-order valence-corrected chi connectivity index (χ4v) is 2.86. The van der Waals surface area contributed by atoms with E-state index in [1.807, 2.05) is 75.4 Å². The zero-order chi connectivity index (χ0) is 20.5. The molecule has 0 fully saturated rings. The molecule has 1 unspecified atom stereocenters. The van der Waals surface area contributed by atoms with Crippen LogP contribution in [0.1, 0.15) is 44.2 Å². The van der Waals surface area contributed by atoms with E-state index in [9.17, 15) is 9.59 Å². The molecule has 0 radical (unpaired) electrons. The van der Waals surface area contributed by atoms with Crippen LogP contribution in [-0.4, -0.2) is 25.0 Å². The van der Waals surface area contributed by atoms with E-state index in [-0.39, 0.29) is 24.3 Å². The normalized spacial score (nSPS) is 12.9. The molecule has 0 aromatic heterocycles. The molecule has 150 valence electrons. The summed E-state index contributed by atoms with van der Waals surface area (Å²) in [5.74, 6) is -0.0211. The van der Waals surface area contributed by atoms with Gasteiger partial charge in [-0.3, -0.25) is 4.79 Å². The van der Waals surface area contributed by atoms with Crippen molar-refractivity contribution in [3.63, 3.8) is 0 Å². The van der Waals surface area contributed by atoms with Gasteiger partial charge in [0.2, 0.25) is 5.91 Å². The van der Waals surface area contributed by atoms with Gasteiger partial charge in [-0.15, -0.1) is 0 Å². The van der Waals surface area contributed by atoms with Crippen LogP contribution in [0, 0.1) is 5.92 Å². The van der Waals surface area contributed by atoms with Gasteiger partial charge in [0, 0.05) is 0 Å². The topological polar surface area (TPSA) is 64.6 Å². The van der Waals surface area contributed by atoms with E-state index in [1.165, 1.54) is 0 Å². The minimum Gasteiger partial charge on any atom is -0.497 e. The number of carbonyl (C=O) groups is 2. The third kappa shape index (κ3) is 6.41. The summed E-state index contributed by atoms with van der Waals surface area (Å²) in [6, 6.07) is 16.2. The van der Waals surface area contributed by atoms with Crippen LogP contribution in [0.2, 0.25) is 0 Å². The van der Waals surface area contributed by atoms with Gasteiger partial charge in [0.1, 0.15) is 18.4 Å². The highest BCUT2D eigenvalue weighted by atomic mass is 16.5. The van der Waals surface area contributed by atoms with Crippen molar-refractivity contribution in [3.8, 4) is 5.75 Å². The summed E-state index contributed by atoms with van der Waals surface area (Å²) in [6.45, 7) is 6.03. The molecule has 2 aromatic carbocycles. The second kappa shape index (κ2) is 10.5. The van der Waals surface area contributed by atoms with Crippen molar-refractivity contribution in [2.75, 3.05) is 7.11 Å². The van der Waals surface area contributed by atoms with Crippen molar-refractivity contribution < 1.29 is 19.1 Å². The van der Waals surface area contributed by atoms with Crippen molar-refractivity contribution in [1.82, 2.24) is 5.32 Å². The number of benzene rings is 2. The third-order valence-electron chi connectivity index (χ3n) is 4.54. The van der Waals surface area contributed by atoms with Crippen LogP contribution < -0.4 is 10.1 Å². The number of hydrogen-bond acceptors (Lipinski definition) is 4. The molecule has 0 aliphatic heterocycles. The molecule has 1 N–H and O–H groups in total. The lowest BCUT2D eigenvalue weighted by Gasteiger charge is -2.22. The minimum absolute atomic E-state index is 0.193. The Morgan fingerprint density at radius 1 is 0.964 bits per heavy atom. The van der Waals surface area contributed by atoms with Gasteiger partial charge in [-0.25, -0.2) is 4.79 Å². The van der Waals surface area contributed by atoms with E-state index >= 15 is 0 Å². The maximum absolute atomic E-state index is 12.7. The van der Waals surface area contributed by atoms with E-state index in [2.05, 4.69) is 5.32 Å². The van der Waals surface area contributed by atoms with Crippen LogP contribution in [-0.2, 0) is 20.9 Å². The Bertz CT molecular complexity index is 756. The summed E-state index contributed by atoms with van der Waals surface area (Å²) in [6.07, 6.45) is 0.523. The van der Waals surface area contributed by atoms with Crippen molar-refractivity contribution >= 4 is 11.9 Å². The predicted octanol–water partition coefficient (Wildman–Crippen LogP) is 4.07. The number of amides is 1. The fraction of sp³-hybridized carbons (Fsp3) is 0.391. The average molecular weight is 383 g/mol. The van der Waals surface area contributed by atoms with Crippen LogP contribution in [0.4, 0.5) is 0 Å². The Kier molecular flexibility index (Phi) is 8.05. The van der Waals surface area contributed by atoms with Gasteiger partial charge in [-0.1, -0.05) is 56.3 Å². The molecule has 0 spiro atoms. The molecule has 5 nitrogen and oxygen atoms in total. The Morgan fingerprint density at radius 3 is 2.18 bits per heavy atom. The van der Waals surface area contributed by atoms with E-state index in [1.54, 1.807) is 7.11 Å². The van der Waals surface area contributed by atoms with Gasteiger partial charge in [0.15, 0.2) is 0 Å². The van der Waals surface area contributed by atoms with Crippen molar-refractivity contribution in [3.05, 3.63) is 65.7 Å². The first-order valence-electron chi connectivity index (χ1n) is 9.55. The molecule has 28 heavy (non-hydrogen) atoms. The SMILES string of the molecule is COc1ccc(C(C)C(=O)N[C@@H](CC(C)C)C(=O)OCc2ccccc2)cc1. The summed E-state index contributed by atoms with van der Waals surface area (Å²) >= 11 is 0. The molecule has 0 aliphatic carbocycles. The molecular formula is C23H29NO4. The van der Waals surface area contributed by atoms with E-state index in [0.717, 1.165) is 16.9 Å². The first-order valence-corrected chi connectivity index (χ1v) is 9.55. The summed E-state index contributed by atoms with van der Waals surface area (Å²) < 4.78 is 10.6. The van der Waals surface area contributed by atoms with E-state index < -0.39 is 12.0 Å². The summed E-state index contributed by atoms with van der Waals surface area (Å²) in [4.78, 5) is 25.3. The summed E-state index contributed by atoms with van der Waals surface area (Å²) in [5.41, 5.74) is 1.77. The Morgan fingerprint density at radius 2 is 1.61 bits per heavy atom. The Labute approximate surface area is 167 Å². The molecule has 2 aromatic rings. The molecule has 0 bridgehead atoms. The predicted molar refractivity (Wildman–Crippen MR) is 109 cm³/mol. The molecule has 0 saturated heterocycles. The van der Waals surface area contributed by atoms with Crippen LogP contribution in [0.25, 0.3) is 0 Å². The zero-order valence-corrected chi connectivity index (χ0v) is 17.0. The molecular weight excluding hydrogens is 354 g/mol. The molecule has 2 rings (SSSR count). The van der Waals surface area contributed by atoms with Gasteiger partial charge < -0.3 is 14.8 Å². The number of nitrogens with one attached hydrogen (secondary N) is 1. The van der Waals surface area contributed by atoms with E-state index in [4.69, 9.17) is 9.47 Å². The van der Waals surface area contributed by atoms with Crippen LogP contribution in [0.5, 0.6) is 5.75 Å². The summed E-state index contributed by atoms with van der Waals surface area (Å²) in [7, 11) is 1.60. The second-order valence-electron chi connectivity index (χ2n) is 7.28. The van der Waals surface area contributed by atoms with E-state index in [0.29, 0.717) is 6.42 Å². The smallest absolute Gasteiger partial charge is 0.328 e. The van der Waals surface area contributed by atoms with Crippen molar-refractivity contribution in [2.24, 2.45) is 5.92 Å². The summed E-state index contributed by atoms with van der Waals surface area (Å²) in [5, 5.41) is 2.87. The lowest BCUT2D eigenvalue weighted by atomic mass is 9.98. The second-order valence-corrected chi connectivity index (χ2v) is 7.28. The molecule has 1 amide bonds. The third-order valence-corrected chi connectivity index (χ3v) is 4.54. The lowest BCUT2D eigenvalue weighted by molar-refractivity contribution is -0.149. The van der Waals surface area contributed by atoms with Gasteiger partial charge in [0.25, 0.3) is 0 Å². The standard InChI is InChI=1S/C23H29NO4/c1-16(2)14-21(23(26)28-15-18-8-6-5-7-9-18)24-22(25)17(3)19-10-12-20(27-4)13-11-19/h5-13,16-17,21H,14-15H2,1-4H3,(H,24,25)/t17?,21-/m0/s1. The highest BCUT2D eigenvalue weighted by Crippen LogP contribution is 2.20.